The first-order chi connectivity index (χ1) is 8.43. The lowest BCUT2D eigenvalue weighted by molar-refractivity contribution is -0.148. The van der Waals surface area contributed by atoms with Gasteiger partial charge in [0.1, 0.15) is 0 Å². The van der Waals surface area contributed by atoms with Crippen molar-refractivity contribution >= 4 is 5.91 Å². The largest absolute Gasteiger partial charge is 0.381 e. The molecule has 0 aromatic carbocycles. The molecule has 0 aromatic rings. The summed E-state index contributed by atoms with van der Waals surface area (Å²) in [5.74, 6) is 0.792. The maximum absolute atomic E-state index is 12.7. The lowest BCUT2D eigenvalue weighted by Crippen LogP contribution is -2.52. The van der Waals surface area contributed by atoms with Gasteiger partial charge in [-0.25, -0.2) is 0 Å². The van der Waals surface area contributed by atoms with Crippen molar-refractivity contribution in [2.45, 2.75) is 46.1 Å². The maximum Gasteiger partial charge on any atom is 0.230 e. The number of amides is 1. The van der Waals surface area contributed by atoms with Crippen LogP contribution in [-0.2, 0) is 9.53 Å². The summed E-state index contributed by atoms with van der Waals surface area (Å²) >= 11 is 0. The minimum absolute atomic E-state index is 0.196. The smallest absolute Gasteiger partial charge is 0.230 e. The van der Waals surface area contributed by atoms with E-state index in [2.05, 4.69) is 20.8 Å². The summed E-state index contributed by atoms with van der Waals surface area (Å²) in [5.41, 5.74) is 5.48. The molecule has 0 saturated carbocycles. The van der Waals surface area contributed by atoms with Crippen LogP contribution in [0.5, 0.6) is 0 Å². The Labute approximate surface area is 111 Å². The lowest BCUT2D eigenvalue weighted by Gasteiger charge is -2.40. The highest BCUT2D eigenvalue weighted by Gasteiger charge is 2.41. The average Bonchev–Trinajstić information content (AvgIpc) is 2.37. The normalized spacial score (nSPS) is 20.8. The van der Waals surface area contributed by atoms with Crippen LogP contribution in [0.15, 0.2) is 0 Å². The van der Waals surface area contributed by atoms with Gasteiger partial charge in [0, 0.05) is 32.8 Å². The predicted molar refractivity (Wildman–Crippen MR) is 73.2 cm³/mol. The first-order valence-electron chi connectivity index (χ1n) is 6.98. The summed E-state index contributed by atoms with van der Waals surface area (Å²) < 4.78 is 5.36. The maximum atomic E-state index is 12.7. The number of hydrogen-bond acceptors (Lipinski definition) is 3. The molecule has 4 nitrogen and oxygen atoms in total. The second-order valence-electron chi connectivity index (χ2n) is 5.99. The molecule has 1 fully saturated rings. The molecule has 0 aliphatic carbocycles. The molecule has 0 aromatic heterocycles. The number of carbonyl (C=O) groups excluding carboxylic acids is 1. The summed E-state index contributed by atoms with van der Waals surface area (Å²) in [5, 5.41) is 0. The van der Waals surface area contributed by atoms with E-state index in [1.807, 2.05) is 11.9 Å². The molecule has 106 valence electrons. The van der Waals surface area contributed by atoms with Gasteiger partial charge in [0.25, 0.3) is 0 Å². The van der Waals surface area contributed by atoms with Gasteiger partial charge in [-0.3, -0.25) is 4.79 Å². The van der Waals surface area contributed by atoms with Gasteiger partial charge >= 0.3 is 0 Å². The molecule has 1 atom stereocenters. The molecule has 1 unspecified atom stereocenters. The lowest BCUT2D eigenvalue weighted by atomic mass is 9.78. The third kappa shape index (κ3) is 3.45. The van der Waals surface area contributed by atoms with Crippen molar-refractivity contribution < 1.29 is 9.53 Å². The van der Waals surface area contributed by atoms with Crippen molar-refractivity contribution in [1.82, 2.24) is 4.90 Å². The van der Waals surface area contributed by atoms with Crippen LogP contribution in [-0.4, -0.2) is 43.7 Å². The third-order valence-electron chi connectivity index (χ3n) is 4.09. The number of ether oxygens (including phenoxy) is 1. The van der Waals surface area contributed by atoms with E-state index < -0.39 is 5.41 Å². The van der Waals surface area contributed by atoms with Crippen LogP contribution in [0.4, 0.5) is 0 Å². The summed E-state index contributed by atoms with van der Waals surface area (Å²) in [6.07, 6.45) is 2.53. The molecule has 1 aliphatic heterocycles. The van der Waals surface area contributed by atoms with Crippen molar-refractivity contribution in [3.05, 3.63) is 0 Å². The van der Waals surface area contributed by atoms with Crippen LogP contribution < -0.4 is 5.73 Å². The van der Waals surface area contributed by atoms with Crippen LogP contribution in [0.3, 0.4) is 0 Å². The Balaban J connectivity index is 2.70. The Morgan fingerprint density at radius 3 is 2.33 bits per heavy atom. The molecule has 4 heteroatoms. The molecule has 0 bridgehead atoms. The minimum atomic E-state index is -0.391. The fourth-order valence-corrected chi connectivity index (χ4v) is 2.68. The molecule has 0 radical (unpaired) electrons. The summed E-state index contributed by atoms with van der Waals surface area (Å²) in [4.78, 5) is 14.6. The van der Waals surface area contributed by atoms with Crippen LogP contribution in [0.25, 0.3) is 0 Å². The Morgan fingerprint density at radius 2 is 1.89 bits per heavy atom. The van der Waals surface area contributed by atoms with Gasteiger partial charge < -0.3 is 15.4 Å². The summed E-state index contributed by atoms with van der Waals surface area (Å²) in [6, 6.07) is 0.267. The Kier molecular flexibility index (Phi) is 5.60. The van der Waals surface area contributed by atoms with E-state index >= 15 is 0 Å². The van der Waals surface area contributed by atoms with Crippen molar-refractivity contribution in [2.75, 3.05) is 26.8 Å². The van der Waals surface area contributed by atoms with Gasteiger partial charge in [-0.05, 0) is 32.1 Å². The highest BCUT2D eigenvalue weighted by Crippen LogP contribution is 2.32. The standard InChI is InChI=1S/C14H28N2O2/c1-11(2)9-12(3)16(4)13(17)14(10-15)5-7-18-8-6-14/h11-12H,5-10,15H2,1-4H3. The van der Waals surface area contributed by atoms with Crippen LogP contribution in [0.1, 0.15) is 40.0 Å². The van der Waals surface area contributed by atoms with Gasteiger partial charge in [0.2, 0.25) is 5.91 Å². The van der Waals surface area contributed by atoms with Crippen LogP contribution in [0.2, 0.25) is 0 Å². The quantitative estimate of drug-likeness (QED) is 0.813. The SMILES string of the molecule is CC(C)CC(C)N(C)C(=O)C1(CN)CCOCC1. The Morgan fingerprint density at radius 1 is 1.33 bits per heavy atom. The first kappa shape index (κ1) is 15.4. The third-order valence-corrected chi connectivity index (χ3v) is 4.09. The van der Waals surface area contributed by atoms with E-state index in [9.17, 15) is 4.79 Å². The van der Waals surface area contributed by atoms with E-state index in [4.69, 9.17) is 10.5 Å². The fourth-order valence-electron chi connectivity index (χ4n) is 2.68. The van der Waals surface area contributed by atoms with Gasteiger partial charge in [-0.2, -0.15) is 0 Å². The zero-order valence-corrected chi connectivity index (χ0v) is 12.2. The van der Waals surface area contributed by atoms with E-state index in [1.54, 1.807) is 0 Å². The van der Waals surface area contributed by atoms with Crippen molar-refractivity contribution in [1.29, 1.82) is 0 Å². The Bertz CT molecular complexity index is 273. The molecule has 1 amide bonds. The molecule has 1 heterocycles. The molecule has 1 aliphatic rings. The molecular weight excluding hydrogens is 228 g/mol. The second-order valence-corrected chi connectivity index (χ2v) is 5.99. The summed E-state index contributed by atoms with van der Waals surface area (Å²) in [7, 11) is 1.91. The number of rotatable bonds is 5. The van der Waals surface area contributed by atoms with E-state index in [1.165, 1.54) is 0 Å². The monoisotopic (exact) mass is 256 g/mol. The fraction of sp³-hybridized carbons (Fsp3) is 0.929. The van der Waals surface area contributed by atoms with E-state index in [0.29, 0.717) is 25.7 Å². The van der Waals surface area contributed by atoms with E-state index in [-0.39, 0.29) is 11.9 Å². The molecule has 0 spiro atoms. The van der Waals surface area contributed by atoms with Gasteiger partial charge in [-0.1, -0.05) is 13.8 Å². The molecule has 1 saturated heterocycles. The molecule has 2 N–H and O–H groups in total. The number of carbonyl (C=O) groups is 1. The predicted octanol–water partition coefficient (Wildman–Crippen LogP) is 1.63. The molecule has 1 rings (SSSR count). The van der Waals surface area contributed by atoms with Crippen LogP contribution in [0, 0.1) is 11.3 Å². The first-order valence-corrected chi connectivity index (χ1v) is 6.98. The minimum Gasteiger partial charge on any atom is -0.381 e. The highest BCUT2D eigenvalue weighted by molar-refractivity contribution is 5.83. The van der Waals surface area contributed by atoms with Crippen molar-refractivity contribution in [2.24, 2.45) is 17.1 Å². The average molecular weight is 256 g/mol. The highest BCUT2D eigenvalue weighted by atomic mass is 16.5. The van der Waals surface area contributed by atoms with E-state index in [0.717, 1.165) is 19.3 Å². The van der Waals surface area contributed by atoms with Gasteiger partial charge in [0.05, 0.1) is 5.41 Å². The number of hydrogen-bond donors (Lipinski definition) is 1. The van der Waals surface area contributed by atoms with Crippen molar-refractivity contribution in [3.8, 4) is 0 Å². The van der Waals surface area contributed by atoms with Gasteiger partial charge in [0.15, 0.2) is 0 Å². The summed E-state index contributed by atoms with van der Waals surface area (Å²) in [6.45, 7) is 8.20. The zero-order chi connectivity index (χ0) is 13.8. The second kappa shape index (κ2) is 6.53. The number of nitrogens with two attached hydrogens (primary N) is 1. The topological polar surface area (TPSA) is 55.6 Å². The van der Waals surface area contributed by atoms with Crippen molar-refractivity contribution in [3.63, 3.8) is 0 Å². The van der Waals surface area contributed by atoms with Crippen LogP contribution >= 0.6 is 0 Å². The number of nitrogens with zero attached hydrogens (tertiary/aromatic N) is 1. The molecule has 18 heavy (non-hydrogen) atoms. The molecular formula is C14H28N2O2. The zero-order valence-electron chi connectivity index (χ0n) is 12.2. The van der Waals surface area contributed by atoms with Gasteiger partial charge in [-0.15, -0.1) is 0 Å². The Hall–Kier alpha value is -0.610.